The Morgan fingerprint density at radius 2 is 1.76 bits per heavy atom. The predicted octanol–water partition coefficient (Wildman–Crippen LogP) is 3.41. The van der Waals surface area contributed by atoms with Crippen LogP contribution in [0.3, 0.4) is 0 Å². The molecule has 0 heterocycles. The van der Waals surface area contributed by atoms with Crippen molar-refractivity contribution < 1.29 is 22.7 Å². The summed E-state index contributed by atoms with van der Waals surface area (Å²) in [7, 11) is -3.99. The molecule has 3 amide bonds. The average molecular weight is 476 g/mol. The van der Waals surface area contributed by atoms with Crippen LogP contribution in [0.15, 0.2) is 6.07 Å². The Labute approximate surface area is 195 Å². The standard InChI is InChI=1S/C24H33N3O5S/c1-23(2)16-9-10-24(23,19(12-16)32-21(25)28)13-33(30,31)27-22(29)26-20-17-7-3-5-14(17)11-15-6-4-8-18(15)20/h11,16,19H,3-10,12-13H2,1-2H3,(H2,25,28)(H2,26,27,29). The van der Waals surface area contributed by atoms with Gasteiger partial charge in [0.25, 0.3) is 0 Å². The van der Waals surface area contributed by atoms with E-state index >= 15 is 0 Å². The van der Waals surface area contributed by atoms with Crippen molar-refractivity contribution in [3.05, 3.63) is 28.3 Å². The number of rotatable bonds is 5. The normalized spacial score (nSPS) is 28.9. The largest absolute Gasteiger partial charge is 0.446 e. The molecule has 4 aliphatic carbocycles. The zero-order valence-corrected chi connectivity index (χ0v) is 20.1. The monoisotopic (exact) mass is 475 g/mol. The number of carbonyl (C=O) groups excluding carboxylic acids is 2. The van der Waals surface area contributed by atoms with Crippen molar-refractivity contribution >= 4 is 27.8 Å². The second kappa shape index (κ2) is 7.61. The van der Waals surface area contributed by atoms with E-state index in [1.165, 1.54) is 11.1 Å². The van der Waals surface area contributed by atoms with Crippen LogP contribution in [0, 0.1) is 16.7 Å². The van der Waals surface area contributed by atoms with Crippen LogP contribution in [0.2, 0.25) is 0 Å². The molecule has 2 saturated carbocycles. The molecule has 0 aromatic heterocycles. The Bertz CT molecular complexity index is 1100. The summed E-state index contributed by atoms with van der Waals surface area (Å²) in [4.78, 5) is 24.4. The third kappa shape index (κ3) is 3.59. The van der Waals surface area contributed by atoms with Crippen molar-refractivity contribution in [3.8, 4) is 0 Å². The van der Waals surface area contributed by atoms with Crippen molar-refractivity contribution in [1.82, 2.24) is 4.72 Å². The van der Waals surface area contributed by atoms with E-state index in [-0.39, 0.29) is 17.1 Å². The molecular weight excluding hydrogens is 442 g/mol. The number of sulfonamides is 1. The van der Waals surface area contributed by atoms with Crippen LogP contribution in [0.4, 0.5) is 15.3 Å². The Balaban J connectivity index is 1.36. The van der Waals surface area contributed by atoms with Gasteiger partial charge in [-0.25, -0.2) is 22.7 Å². The van der Waals surface area contributed by atoms with E-state index in [0.717, 1.165) is 61.8 Å². The highest BCUT2D eigenvalue weighted by atomic mass is 32.2. The smallest absolute Gasteiger partial charge is 0.404 e. The first-order chi connectivity index (χ1) is 15.5. The molecular formula is C24H33N3O5S. The second-order valence-electron chi connectivity index (χ2n) is 10.8. The maximum Gasteiger partial charge on any atom is 0.404 e. The first-order valence-electron chi connectivity index (χ1n) is 12.0. The van der Waals surface area contributed by atoms with Gasteiger partial charge in [0, 0.05) is 11.1 Å². The summed E-state index contributed by atoms with van der Waals surface area (Å²) in [5.74, 6) is -0.0276. The number of primary amides is 1. The van der Waals surface area contributed by atoms with Gasteiger partial charge in [0.2, 0.25) is 10.0 Å². The van der Waals surface area contributed by atoms with E-state index in [0.29, 0.717) is 12.8 Å². The number of carbonyl (C=O) groups is 2. The van der Waals surface area contributed by atoms with Crippen LogP contribution in [0.25, 0.3) is 0 Å². The molecule has 5 rings (SSSR count). The highest BCUT2D eigenvalue weighted by molar-refractivity contribution is 7.90. The first kappa shape index (κ1) is 22.5. The highest BCUT2D eigenvalue weighted by Crippen LogP contribution is 2.66. The molecule has 1 aromatic rings. The number of urea groups is 1. The number of aryl methyl sites for hydroxylation is 2. The summed E-state index contributed by atoms with van der Waals surface area (Å²) < 4.78 is 34.1. The fraction of sp³-hybridized carbons (Fsp3) is 0.667. The molecule has 0 aliphatic heterocycles. The topological polar surface area (TPSA) is 128 Å². The summed E-state index contributed by atoms with van der Waals surface area (Å²) in [6.07, 6.45) is 6.52. The quantitative estimate of drug-likeness (QED) is 0.601. The zero-order chi connectivity index (χ0) is 23.6. The fourth-order valence-corrected chi connectivity index (χ4v) is 9.05. The SMILES string of the molecule is CC1(C)C2CCC1(CS(=O)(=O)NC(=O)Nc1c3c(cc4c1CCC4)CCC3)C(OC(N)=O)C2. The molecule has 8 nitrogen and oxygen atoms in total. The first-order valence-corrected chi connectivity index (χ1v) is 13.6. The molecule has 0 saturated heterocycles. The number of fused-ring (bicyclic) bond motifs is 4. The van der Waals surface area contributed by atoms with Gasteiger partial charge in [-0.05, 0) is 91.4 Å². The molecule has 0 radical (unpaired) electrons. The van der Waals surface area contributed by atoms with E-state index in [1.54, 1.807) is 0 Å². The molecule has 0 spiro atoms. The summed E-state index contributed by atoms with van der Waals surface area (Å²) in [5.41, 5.74) is 9.80. The molecule has 4 aliphatic rings. The van der Waals surface area contributed by atoms with Gasteiger partial charge in [-0.1, -0.05) is 19.9 Å². The Kier molecular flexibility index (Phi) is 5.19. The van der Waals surface area contributed by atoms with Crippen LogP contribution < -0.4 is 15.8 Å². The summed E-state index contributed by atoms with van der Waals surface area (Å²) >= 11 is 0. The number of hydrogen-bond donors (Lipinski definition) is 3. The van der Waals surface area contributed by atoms with Crippen molar-refractivity contribution in [2.45, 2.75) is 77.7 Å². The predicted molar refractivity (Wildman–Crippen MR) is 124 cm³/mol. The maximum absolute atomic E-state index is 13.2. The molecule has 3 unspecified atom stereocenters. The minimum Gasteiger partial charge on any atom is -0.446 e. The van der Waals surface area contributed by atoms with Crippen molar-refractivity contribution in [2.24, 2.45) is 22.5 Å². The van der Waals surface area contributed by atoms with E-state index in [1.807, 2.05) is 13.8 Å². The molecule has 2 bridgehead atoms. The molecule has 2 fully saturated rings. The van der Waals surface area contributed by atoms with Crippen LogP contribution >= 0.6 is 0 Å². The lowest BCUT2D eigenvalue weighted by Gasteiger charge is -2.41. The minimum absolute atomic E-state index is 0.250. The van der Waals surface area contributed by atoms with Crippen LogP contribution in [-0.2, 0) is 40.4 Å². The van der Waals surface area contributed by atoms with Gasteiger partial charge in [0.15, 0.2) is 0 Å². The molecule has 180 valence electrons. The van der Waals surface area contributed by atoms with E-state index < -0.39 is 33.7 Å². The van der Waals surface area contributed by atoms with Gasteiger partial charge < -0.3 is 15.8 Å². The fourth-order valence-electron chi connectivity index (χ4n) is 7.27. The molecule has 33 heavy (non-hydrogen) atoms. The summed E-state index contributed by atoms with van der Waals surface area (Å²) in [6, 6.07) is 1.54. The van der Waals surface area contributed by atoms with E-state index in [4.69, 9.17) is 10.5 Å². The zero-order valence-electron chi connectivity index (χ0n) is 19.3. The Morgan fingerprint density at radius 1 is 1.12 bits per heavy atom. The molecule has 4 N–H and O–H groups in total. The second-order valence-corrected chi connectivity index (χ2v) is 12.5. The number of hydrogen-bond acceptors (Lipinski definition) is 5. The number of anilines is 1. The maximum atomic E-state index is 13.2. The third-order valence-electron chi connectivity index (χ3n) is 9.02. The number of nitrogens with two attached hydrogens (primary N) is 1. The van der Waals surface area contributed by atoms with Crippen LogP contribution in [-0.4, -0.2) is 32.4 Å². The summed E-state index contributed by atoms with van der Waals surface area (Å²) in [6.45, 7) is 4.06. The highest BCUT2D eigenvalue weighted by Gasteiger charge is 2.66. The number of benzene rings is 1. The number of nitrogens with one attached hydrogen (secondary N) is 2. The molecule has 3 atom stereocenters. The lowest BCUT2D eigenvalue weighted by Crippen LogP contribution is -2.50. The average Bonchev–Trinajstić information content (AvgIpc) is 3.44. The third-order valence-corrected chi connectivity index (χ3v) is 10.4. The van der Waals surface area contributed by atoms with Gasteiger partial charge in [-0.15, -0.1) is 0 Å². The van der Waals surface area contributed by atoms with Crippen molar-refractivity contribution in [3.63, 3.8) is 0 Å². The van der Waals surface area contributed by atoms with E-state index in [9.17, 15) is 18.0 Å². The van der Waals surface area contributed by atoms with Crippen molar-refractivity contribution in [1.29, 1.82) is 0 Å². The van der Waals surface area contributed by atoms with Gasteiger partial charge in [-0.3, -0.25) is 0 Å². The van der Waals surface area contributed by atoms with Gasteiger partial charge in [0.1, 0.15) is 6.10 Å². The van der Waals surface area contributed by atoms with Gasteiger partial charge in [0.05, 0.1) is 5.75 Å². The van der Waals surface area contributed by atoms with Gasteiger partial charge in [-0.2, -0.15) is 0 Å². The lowest BCUT2D eigenvalue weighted by atomic mass is 9.69. The molecule has 1 aromatic carbocycles. The van der Waals surface area contributed by atoms with E-state index in [2.05, 4.69) is 16.1 Å². The van der Waals surface area contributed by atoms with Crippen LogP contribution in [0.1, 0.15) is 68.2 Å². The molecule has 9 heteroatoms. The number of amides is 3. The Hall–Kier alpha value is -2.29. The lowest BCUT2D eigenvalue weighted by molar-refractivity contribution is 0.00171. The Morgan fingerprint density at radius 3 is 2.33 bits per heavy atom. The number of ether oxygens (including phenoxy) is 1. The van der Waals surface area contributed by atoms with Gasteiger partial charge >= 0.3 is 12.1 Å². The van der Waals surface area contributed by atoms with Crippen LogP contribution in [0.5, 0.6) is 0 Å². The summed E-state index contributed by atoms with van der Waals surface area (Å²) in [5, 5.41) is 2.89. The van der Waals surface area contributed by atoms with Crippen molar-refractivity contribution in [2.75, 3.05) is 11.1 Å². The minimum atomic E-state index is -3.99.